The van der Waals surface area contributed by atoms with Crippen LogP contribution >= 0.6 is 0 Å². The number of ether oxygens (including phenoxy) is 2. The minimum Gasteiger partial charge on any atom is -0.493 e. The van der Waals surface area contributed by atoms with Crippen LogP contribution < -0.4 is 20.5 Å². The van der Waals surface area contributed by atoms with Crippen molar-refractivity contribution in [1.29, 1.82) is 0 Å². The number of hydrogen-bond acceptors (Lipinski definition) is 6. The number of alkyl halides is 6. The summed E-state index contributed by atoms with van der Waals surface area (Å²) in [4.78, 5) is 29.0. The molecule has 0 spiro atoms. The van der Waals surface area contributed by atoms with E-state index in [0.29, 0.717) is 23.3 Å². The molecule has 7 nitrogen and oxygen atoms in total. The smallest absolute Gasteiger partial charge is 0.416 e. The summed E-state index contributed by atoms with van der Waals surface area (Å²) in [5, 5.41) is 0. The summed E-state index contributed by atoms with van der Waals surface area (Å²) in [6.45, 7) is 0.743. The lowest BCUT2D eigenvalue weighted by molar-refractivity contribution is -0.148. The van der Waals surface area contributed by atoms with Gasteiger partial charge in [-0.15, -0.1) is 0 Å². The fourth-order valence-electron chi connectivity index (χ4n) is 3.36. The van der Waals surface area contributed by atoms with Crippen LogP contribution in [0.1, 0.15) is 39.5 Å². The van der Waals surface area contributed by atoms with E-state index in [9.17, 15) is 35.9 Å². The van der Waals surface area contributed by atoms with Gasteiger partial charge in [-0.1, -0.05) is 35.9 Å². The monoisotopic (exact) mass is 568 g/mol. The molecule has 0 saturated carbocycles. The normalized spacial score (nSPS) is 12.1. The number of carbonyl (C=O) groups is 2. The molecule has 0 saturated heterocycles. The van der Waals surface area contributed by atoms with E-state index in [1.807, 2.05) is 0 Å². The topological polar surface area (TPSA) is 85.9 Å². The van der Waals surface area contributed by atoms with Crippen LogP contribution in [0.3, 0.4) is 0 Å². The van der Waals surface area contributed by atoms with Crippen LogP contribution in [0.4, 0.5) is 26.3 Å². The van der Waals surface area contributed by atoms with Crippen molar-refractivity contribution in [1.82, 2.24) is 11.0 Å². The highest BCUT2D eigenvalue weighted by molar-refractivity contribution is 5.94. The molecule has 0 aromatic heterocycles. The summed E-state index contributed by atoms with van der Waals surface area (Å²) in [7, 11) is 1.27. The van der Waals surface area contributed by atoms with Crippen molar-refractivity contribution in [2.45, 2.75) is 25.9 Å². The Hall–Kier alpha value is -4.52. The van der Waals surface area contributed by atoms with Crippen molar-refractivity contribution in [2.75, 3.05) is 7.11 Å². The van der Waals surface area contributed by atoms with Crippen molar-refractivity contribution in [2.24, 2.45) is 0 Å². The van der Waals surface area contributed by atoms with Crippen LogP contribution in [0.5, 0.6) is 11.5 Å². The lowest BCUT2D eigenvalue weighted by atomic mass is 10.0. The first-order valence-corrected chi connectivity index (χ1v) is 11.4. The van der Waals surface area contributed by atoms with Gasteiger partial charge in [-0.25, -0.2) is 4.79 Å². The maximum absolute atomic E-state index is 13.4. The van der Waals surface area contributed by atoms with Gasteiger partial charge in [0.25, 0.3) is 5.91 Å². The van der Waals surface area contributed by atoms with Crippen molar-refractivity contribution in [3.63, 3.8) is 0 Å². The van der Waals surface area contributed by atoms with Crippen LogP contribution in [0.15, 0.2) is 72.3 Å². The Morgan fingerprint density at radius 2 is 1.57 bits per heavy atom. The fraction of sp³-hybridized carbons (Fsp3) is 0.185. The molecule has 0 bridgehead atoms. The Balaban J connectivity index is 1.67. The van der Waals surface area contributed by atoms with Crippen molar-refractivity contribution in [3.05, 3.63) is 100 Å². The second kappa shape index (κ2) is 12.6. The number of carbonyl (C=O) groups excluding carboxylic acids is 2. The minimum atomic E-state index is -5.04. The Kier molecular flexibility index (Phi) is 9.43. The van der Waals surface area contributed by atoms with Gasteiger partial charge in [-0.2, -0.15) is 26.3 Å². The third kappa shape index (κ3) is 7.99. The van der Waals surface area contributed by atoms with Gasteiger partial charge in [-0.05, 0) is 55.0 Å². The first-order chi connectivity index (χ1) is 18.8. The summed E-state index contributed by atoms with van der Waals surface area (Å²) >= 11 is 0. The molecule has 2 N–H and O–H groups in total. The van der Waals surface area contributed by atoms with Crippen LogP contribution in [-0.2, 0) is 28.6 Å². The number of methoxy groups -OCH3 is 1. The summed E-state index contributed by atoms with van der Waals surface area (Å²) < 4.78 is 89.6. The number of hydrogen-bond donors (Lipinski definition) is 2. The molecule has 0 radical (unpaired) electrons. The van der Waals surface area contributed by atoms with E-state index < -0.39 is 47.5 Å². The minimum absolute atomic E-state index is 0.0122. The molecular formula is C27H22F6N2O5. The molecule has 1 amide bonds. The average Bonchev–Trinajstić information content (AvgIpc) is 2.91. The highest BCUT2D eigenvalue weighted by Crippen LogP contribution is 2.38. The lowest BCUT2D eigenvalue weighted by Gasteiger charge is -2.17. The summed E-state index contributed by atoms with van der Waals surface area (Å²) in [5.74, 6) is -1.26. The Morgan fingerprint density at radius 3 is 2.20 bits per heavy atom. The zero-order chi connectivity index (χ0) is 29.5. The lowest BCUT2D eigenvalue weighted by Crippen LogP contribution is -2.39. The Bertz CT molecular complexity index is 1390. The van der Waals surface area contributed by atoms with Crippen LogP contribution in [0.2, 0.25) is 0 Å². The molecule has 0 heterocycles. The molecule has 40 heavy (non-hydrogen) atoms. The predicted molar refractivity (Wildman–Crippen MR) is 131 cm³/mol. The van der Waals surface area contributed by atoms with E-state index in [0.717, 1.165) is 0 Å². The Labute approximate surface area is 224 Å². The van der Waals surface area contributed by atoms with Gasteiger partial charge in [0.15, 0.2) is 11.5 Å². The van der Waals surface area contributed by atoms with Crippen LogP contribution in [0.25, 0.3) is 6.08 Å². The summed E-state index contributed by atoms with van der Waals surface area (Å²) in [5.41, 5.74) is 1.74. The van der Waals surface area contributed by atoms with Crippen molar-refractivity contribution < 1.29 is 50.2 Å². The predicted octanol–water partition coefficient (Wildman–Crippen LogP) is 6.11. The molecule has 3 aromatic carbocycles. The number of hydrazine groups is 1. The first kappa shape index (κ1) is 30.0. The van der Waals surface area contributed by atoms with E-state index in [2.05, 4.69) is 11.0 Å². The molecule has 0 aliphatic heterocycles. The molecule has 0 fully saturated rings. The third-order valence-corrected chi connectivity index (χ3v) is 5.36. The molecule has 0 aliphatic rings. The second-order valence-corrected chi connectivity index (χ2v) is 8.21. The molecule has 0 unspecified atom stereocenters. The van der Waals surface area contributed by atoms with E-state index in [1.54, 1.807) is 30.3 Å². The number of benzene rings is 3. The summed E-state index contributed by atoms with van der Waals surface area (Å²) in [6, 6.07) is 13.7. The average molecular weight is 568 g/mol. The van der Waals surface area contributed by atoms with Gasteiger partial charge in [0.05, 0.1) is 18.2 Å². The number of halogens is 6. The zero-order valence-electron chi connectivity index (χ0n) is 20.9. The highest BCUT2D eigenvalue weighted by atomic mass is 19.4. The molecular weight excluding hydrogens is 546 g/mol. The maximum atomic E-state index is 13.4. The van der Waals surface area contributed by atoms with Gasteiger partial charge in [0.1, 0.15) is 6.61 Å². The van der Waals surface area contributed by atoms with Crippen molar-refractivity contribution in [3.8, 4) is 11.5 Å². The first-order valence-electron chi connectivity index (χ1n) is 11.4. The van der Waals surface area contributed by atoms with E-state index in [1.165, 1.54) is 38.3 Å². The number of amides is 1. The maximum Gasteiger partial charge on any atom is 0.416 e. The molecule has 0 aliphatic carbocycles. The van der Waals surface area contributed by atoms with E-state index >= 15 is 0 Å². The van der Waals surface area contributed by atoms with Crippen LogP contribution in [-0.4, -0.2) is 19.0 Å². The van der Waals surface area contributed by atoms with E-state index in [4.69, 9.17) is 14.3 Å². The van der Waals surface area contributed by atoms with Gasteiger partial charge in [0, 0.05) is 16.7 Å². The van der Waals surface area contributed by atoms with Gasteiger partial charge in [-0.3, -0.25) is 10.2 Å². The molecule has 212 valence electrons. The summed E-state index contributed by atoms with van der Waals surface area (Å²) in [6.07, 6.45) is -8.57. The van der Waals surface area contributed by atoms with Gasteiger partial charge < -0.3 is 14.3 Å². The molecule has 0 atom stereocenters. The van der Waals surface area contributed by atoms with E-state index in [-0.39, 0.29) is 23.1 Å². The van der Waals surface area contributed by atoms with Crippen molar-refractivity contribution >= 4 is 18.0 Å². The van der Waals surface area contributed by atoms with Crippen LogP contribution in [0, 0.1) is 0 Å². The Morgan fingerprint density at radius 1 is 0.875 bits per heavy atom. The molecule has 3 aromatic rings. The fourth-order valence-corrected chi connectivity index (χ4v) is 3.36. The largest absolute Gasteiger partial charge is 0.493 e. The SMILES string of the molecule is COc1cc(C=C(C)C(=O)ONNC(=O)c2ccccc2)ccc1OCc1ccc(C(F)(F)F)cc1C(F)(F)F. The quantitative estimate of drug-likeness (QED) is 0.184. The third-order valence-electron chi connectivity index (χ3n) is 5.36. The zero-order valence-corrected chi connectivity index (χ0v) is 20.9. The number of nitrogens with one attached hydrogen (secondary N) is 2. The molecule has 13 heteroatoms. The highest BCUT2D eigenvalue weighted by Gasteiger charge is 2.38. The van der Waals surface area contributed by atoms with Gasteiger partial charge in [0.2, 0.25) is 0 Å². The van der Waals surface area contributed by atoms with Gasteiger partial charge >= 0.3 is 18.3 Å². The molecule has 3 rings (SSSR count). The number of rotatable bonds is 9. The second-order valence-electron chi connectivity index (χ2n) is 8.21. The standard InChI is InChI=1S/C27H22F6N2O5/c1-16(25(37)40-35-34-24(36)18-6-4-3-5-7-18)12-17-8-11-22(23(13-17)38-2)39-15-19-9-10-20(26(28,29)30)14-21(19)27(31,32)33/h3-14,35H,15H2,1-2H3,(H,34,36).